The maximum Gasteiger partial charge on any atom is 0.234 e. The summed E-state index contributed by atoms with van der Waals surface area (Å²) in [6.45, 7) is 7.08. The van der Waals surface area contributed by atoms with E-state index in [2.05, 4.69) is 41.3 Å². The highest BCUT2D eigenvalue weighted by Gasteiger charge is 2.33. The third kappa shape index (κ3) is 1.73. The van der Waals surface area contributed by atoms with Crippen molar-refractivity contribution in [2.45, 2.75) is 46.5 Å². The van der Waals surface area contributed by atoms with Gasteiger partial charge >= 0.3 is 0 Å². The molecule has 3 rings (SSSR count). The summed E-state index contributed by atoms with van der Waals surface area (Å²) in [5.41, 5.74) is 3.07. The lowest BCUT2D eigenvalue weighted by molar-refractivity contribution is 0.180. The maximum atomic E-state index is 4.65. The van der Waals surface area contributed by atoms with Crippen LogP contribution in [0.15, 0.2) is 18.5 Å². The Morgan fingerprint density at radius 2 is 2.28 bits per heavy atom. The van der Waals surface area contributed by atoms with Crippen LogP contribution >= 0.6 is 0 Å². The number of imidazole rings is 1. The van der Waals surface area contributed by atoms with Gasteiger partial charge in [-0.25, -0.2) is 9.97 Å². The summed E-state index contributed by atoms with van der Waals surface area (Å²) in [4.78, 5) is 8.99. The molecule has 0 N–H and O–H groups in total. The summed E-state index contributed by atoms with van der Waals surface area (Å²) in [6.07, 6.45) is 8.66. The van der Waals surface area contributed by atoms with Gasteiger partial charge in [0, 0.05) is 18.1 Å². The molecule has 0 aromatic carbocycles. The van der Waals surface area contributed by atoms with E-state index in [1.165, 1.54) is 24.2 Å². The van der Waals surface area contributed by atoms with E-state index in [-0.39, 0.29) is 0 Å². The number of fused-ring (bicyclic) bond motifs is 3. The SMILES string of the molecule is CCC(C)(C)C1CCc2nc3ncccn3c2C1. The van der Waals surface area contributed by atoms with Crippen LogP contribution in [0.1, 0.15) is 45.0 Å². The van der Waals surface area contributed by atoms with Crippen LogP contribution in [0.25, 0.3) is 5.78 Å². The number of hydrogen-bond donors (Lipinski definition) is 0. The highest BCUT2D eigenvalue weighted by atomic mass is 15.1. The molecule has 0 radical (unpaired) electrons. The van der Waals surface area contributed by atoms with E-state index in [9.17, 15) is 0 Å². The smallest absolute Gasteiger partial charge is 0.234 e. The Bertz CT molecular complexity index is 568. The molecule has 1 unspecified atom stereocenters. The largest absolute Gasteiger partial charge is 0.288 e. The average Bonchev–Trinajstić information content (AvgIpc) is 2.76. The van der Waals surface area contributed by atoms with Crippen molar-refractivity contribution in [1.29, 1.82) is 0 Å². The normalized spacial score (nSPS) is 20.1. The predicted octanol–water partition coefficient (Wildman–Crippen LogP) is 3.27. The summed E-state index contributed by atoms with van der Waals surface area (Å²) < 4.78 is 2.17. The van der Waals surface area contributed by atoms with Crippen LogP contribution in [-0.4, -0.2) is 14.4 Å². The molecule has 2 heterocycles. The van der Waals surface area contributed by atoms with Gasteiger partial charge in [0.25, 0.3) is 0 Å². The zero-order chi connectivity index (χ0) is 12.8. The topological polar surface area (TPSA) is 30.2 Å². The van der Waals surface area contributed by atoms with Gasteiger partial charge in [-0.3, -0.25) is 4.40 Å². The molecule has 1 aliphatic carbocycles. The second-order valence-electron chi connectivity index (χ2n) is 6.08. The number of aryl methyl sites for hydroxylation is 1. The standard InChI is InChI=1S/C15H21N3/c1-4-15(2,3)11-6-7-12-13(10-11)18-9-5-8-16-14(18)17-12/h5,8-9,11H,4,6-7,10H2,1-3H3. The average molecular weight is 243 g/mol. The number of nitrogens with zero attached hydrogens (tertiary/aromatic N) is 3. The van der Waals surface area contributed by atoms with Gasteiger partial charge in [0.2, 0.25) is 5.78 Å². The molecule has 0 fully saturated rings. The fourth-order valence-electron chi connectivity index (χ4n) is 3.00. The Morgan fingerprint density at radius 3 is 3.06 bits per heavy atom. The first-order valence-corrected chi connectivity index (χ1v) is 6.92. The zero-order valence-corrected chi connectivity index (χ0v) is 11.5. The molecule has 2 aromatic rings. The lowest BCUT2D eigenvalue weighted by Gasteiger charge is -2.36. The van der Waals surface area contributed by atoms with Crippen LogP contribution < -0.4 is 0 Å². The van der Waals surface area contributed by atoms with Crippen molar-refractivity contribution in [3.63, 3.8) is 0 Å². The van der Waals surface area contributed by atoms with E-state index in [0.717, 1.165) is 24.5 Å². The first-order valence-electron chi connectivity index (χ1n) is 6.92. The summed E-state index contributed by atoms with van der Waals surface area (Å²) in [6, 6.07) is 1.99. The summed E-state index contributed by atoms with van der Waals surface area (Å²) >= 11 is 0. The van der Waals surface area contributed by atoms with Crippen LogP contribution in [0.3, 0.4) is 0 Å². The number of aromatic nitrogens is 3. The number of hydrogen-bond acceptors (Lipinski definition) is 2. The number of rotatable bonds is 2. The predicted molar refractivity (Wildman–Crippen MR) is 72.6 cm³/mol. The molecular formula is C15H21N3. The Hall–Kier alpha value is -1.38. The molecule has 1 atom stereocenters. The lowest BCUT2D eigenvalue weighted by Crippen LogP contribution is -2.29. The van der Waals surface area contributed by atoms with E-state index in [4.69, 9.17) is 0 Å². The van der Waals surface area contributed by atoms with Crippen LogP contribution in [0, 0.1) is 11.3 Å². The maximum absolute atomic E-state index is 4.65. The van der Waals surface area contributed by atoms with Crippen molar-refractivity contribution < 1.29 is 0 Å². The Kier molecular flexibility index (Phi) is 2.65. The minimum atomic E-state index is 0.421. The molecular weight excluding hydrogens is 222 g/mol. The monoisotopic (exact) mass is 243 g/mol. The molecule has 0 saturated carbocycles. The molecule has 0 aliphatic heterocycles. The molecule has 1 aliphatic rings. The van der Waals surface area contributed by atoms with Gasteiger partial charge < -0.3 is 0 Å². The molecule has 96 valence electrons. The van der Waals surface area contributed by atoms with E-state index < -0.39 is 0 Å². The van der Waals surface area contributed by atoms with Crippen molar-refractivity contribution in [1.82, 2.24) is 14.4 Å². The summed E-state index contributed by atoms with van der Waals surface area (Å²) in [5, 5.41) is 0. The van der Waals surface area contributed by atoms with Crippen molar-refractivity contribution >= 4 is 5.78 Å². The fraction of sp³-hybridized carbons (Fsp3) is 0.600. The molecule has 3 heteroatoms. The third-order valence-corrected chi connectivity index (χ3v) is 4.77. The minimum absolute atomic E-state index is 0.421. The second kappa shape index (κ2) is 4.08. The Labute approximate surface area is 108 Å². The van der Waals surface area contributed by atoms with Crippen LogP contribution in [0.2, 0.25) is 0 Å². The second-order valence-corrected chi connectivity index (χ2v) is 6.08. The van der Waals surface area contributed by atoms with Crippen molar-refractivity contribution in [2.75, 3.05) is 0 Å². The highest BCUT2D eigenvalue weighted by molar-refractivity contribution is 5.36. The first-order chi connectivity index (χ1) is 8.62. The lowest BCUT2D eigenvalue weighted by atomic mass is 9.70. The van der Waals surface area contributed by atoms with Gasteiger partial charge in [-0.15, -0.1) is 0 Å². The molecule has 0 spiro atoms. The van der Waals surface area contributed by atoms with Gasteiger partial charge in [0.1, 0.15) is 0 Å². The summed E-state index contributed by atoms with van der Waals surface area (Å²) in [7, 11) is 0. The van der Waals surface area contributed by atoms with Gasteiger partial charge in [0.15, 0.2) is 0 Å². The Balaban J connectivity index is 2.01. The van der Waals surface area contributed by atoms with Gasteiger partial charge in [0.05, 0.1) is 5.69 Å². The van der Waals surface area contributed by atoms with Crippen LogP contribution in [0.5, 0.6) is 0 Å². The quantitative estimate of drug-likeness (QED) is 0.810. The van der Waals surface area contributed by atoms with E-state index >= 15 is 0 Å². The van der Waals surface area contributed by atoms with Gasteiger partial charge in [-0.05, 0) is 36.7 Å². The molecule has 0 bridgehead atoms. The molecule has 3 nitrogen and oxygen atoms in total. The molecule has 2 aromatic heterocycles. The van der Waals surface area contributed by atoms with Crippen molar-refractivity contribution in [2.24, 2.45) is 11.3 Å². The van der Waals surface area contributed by atoms with Gasteiger partial charge in [-0.2, -0.15) is 0 Å². The van der Waals surface area contributed by atoms with E-state index in [1.54, 1.807) is 0 Å². The van der Waals surface area contributed by atoms with Crippen LogP contribution in [0.4, 0.5) is 0 Å². The molecule has 18 heavy (non-hydrogen) atoms. The third-order valence-electron chi connectivity index (χ3n) is 4.77. The molecule has 0 saturated heterocycles. The fourth-order valence-corrected chi connectivity index (χ4v) is 3.00. The van der Waals surface area contributed by atoms with Crippen LogP contribution in [-0.2, 0) is 12.8 Å². The van der Waals surface area contributed by atoms with Crippen molar-refractivity contribution in [3.8, 4) is 0 Å². The first kappa shape index (κ1) is 11.7. The van der Waals surface area contributed by atoms with E-state index in [1.807, 2.05) is 12.3 Å². The van der Waals surface area contributed by atoms with Gasteiger partial charge in [-0.1, -0.05) is 27.2 Å². The highest BCUT2D eigenvalue weighted by Crippen LogP contribution is 2.39. The zero-order valence-electron chi connectivity index (χ0n) is 11.5. The molecule has 0 amide bonds. The minimum Gasteiger partial charge on any atom is -0.288 e. The van der Waals surface area contributed by atoms with E-state index in [0.29, 0.717) is 5.41 Å². The van der Waals surface area contributed by atoms with Crippen molar-refractivity contribution in [3.05, 3.63) is 29.8 Å². The summed E-state index contributed by atoms with van der Waals surface area (Å²) in [5.74, 6) is 1.62. The Morgan fingerprint density at radius 1 is 1.44 bits per heavy atom.